The predicted molar refractivity (Wildman–Crippen MR) is 87.9 cm³/mol. The minimum atomic E-state index is 0.0640. The molecule has 1 N–H and O–H groups in total. The van der Waals surface area contributed by atoms with E-state index in [1.165, 1.54) is 25.7 Å². The van der Waals surface area contributed by atoms with Crippen LogP contribution < -0.4 is 5.32 Å². The number of ether oxygens (including phenoxy) is 1. The average Bonchev–Trinajstić information content (AvgIpc) is 3.02. The maximum Gasteiger partial charge on any atom is 0.322 e. The summed E-state index contributed by atoms with van der Waals surface area (Å²) in [5.74, 6) is 0.730. The topological polar surface area (TPSA) is 41.6 Å². The molecule has 0 aromatic heterocycles. The minimum absolute atomic E-state index is 0.0640. The molecule has 22 heavy (non-hydrogen) atoms. The highest BCUT2D eigenvalue weighted by atomic mass is 16.5. The van der Waals surface area contributed by atoms with Crippen LogP contribution in [0.25, 0.3) is 0 Å². The van der Waals surface area contributed by atoms with E-state index < -0.39 is 0 Å². The summed E-state index contributed by atoms with van der Waals surface area (Å²) in [6.07, 6.45) is 6.17. The van der Waals surface area contributed by atoms with Gasteiger partial charge in [-0.2, -0.15) is 0 Å². The first-order valence-electron chi connectivity index (χ1n) is 8.52. The summed E-state index contributed by atoms with van der Waals surface area (Å²) in [5, 5.41) is 3.05. The summed E-state index contributed by atoms with van der Waals surface area (Å²) in [6, 6.07) is 8.48. The van der Waals surface area contributed by atoms with E-state index in [-0.39, 0.29) is 6.03 Å². The van der Waals surface area contributed by atoms with E-state index in [4.69, 9.17) is 4.74 Å². The summed E-state index contributed by atoms with van der Waals surface area (Å²) < 4.78 is 5.39. The Labute approximate surface area is 132 Å². The number of piperidine rings is 1. The zero-order valence-electron chi connectivity index (χ0n) is 13.4. The molecule has 2 aliphatic rings. The van der Waals surface area contributed by atoms with E-state index >= 15 is 0 Å². The van der Waals surface area contributed by atoms with Gasteiger partial charge >= 0.3 is 6.03 Å². The fourth-order valence-electron chi connectivity index (χ4n) is 3.81. The van der Waals surface area contributed by atoms with Gasteiger partial charge in [-0.3, -0.25) is 0 Å². The number of likely N-dealkylation sites (tertiary alicyclic amines) is 1. The van der Waals surface area contributed by atoms with Gasteiger partial charge in [0.25, 0.3) is 0 Å². The second kappa shape index (κ2) is 7.14. The molecule has 1 heterocycles. The largest absolute Gasteiger partial charge is 0.377 e. The Kier molecular flexibility index (Phi) is 4.98. The van der Waals surface area contributed by atoms with Gasteiger partial charge in [-0.25, -0.2) is 4.79 Å². The molecule has 0 spiro atoms. The number of carbonyl (C=O) groups excluding carboxylic acids is 1. The third-order valence-electron chi connectivity index (χ3n) is 4.93. The Balaban J connectivity index is 1.59. The van der Waals surface area contributed by atoms with E-state index in [1.54, 1.807) is 0 Å². The average molecular weight is 302 g/mol. The fourth-order valence-corrected chi connectivity index (χ4v) is 3.81. The number of fused-ring (bicyclic) bond motifs is 1. The van der Waals surface area contributed by atoms with Crippen LogP contribution in [0.15, 0.2) is 24.3 Å². The highest BCUT2D eigenvalue weighted by Crippen LogP contribution is 2.36. The van der Waals surface area contributed by atoms with Gasteiger partial charge in [0.05, 0.1) is 6.61 Å². The second-order valence-electron chi connectivity index (χ2n) is 6.36. The first kappa shape index (κ1) is 15.3. The number of urea groups is 1. The third-order valence-corrected chi connectivity index (χ3v) is 4.93. The van der Waals surface area contributed by atoms with Crippen LogP contribution in [0.2, 0.25) is 0 Å². The van der Waals surface area contributed by atoms with Gasteiger partial charge in [-0.05, 0) is 56.2 Å². The van der Waals surface area contributed by atoms with Crippen molar-refractivity contribution in [2.24, 2.45) is 5.92 Å². The van der Waals surface area contributed by atoms with Crippen molar-refractivity contribution < 1.29 is 9.53 Å². The fraction of sp³-hybridized carbons (Fsp3) is 0.611. The second-order valence-corrected chi connectivity index (χ2v) is 6.36. The predicted octanol–water partition coefficient (Wildman–Crippen LogP) is 4.02. The number of hydrogen-bond acceptors (Lipinski definition) is 2. The third kappa shape index (κ3) is 3.43. The number of nitrogens with zero attached hydrogens (tertiary/aromatic N) is 1. The lowest BCUT2D eigenvalue weighted by Gasteiger charge is -2.37. The molecule has 4 heteroatoms. The molecule has 1 aliphatic heterocycles. The Bertz CT molecular complexity index is 500. The number of carbonyl (C=O) groups is 1. The van der Waals surface area contributed by atoms with Crippen LogP contribution in [0.3, 0.4) is 0 Å². The van der Waals surface area contributed by atoms with Gasteiger partial charge in [-0.1, -0.05) is 18.6 Å². The molecule has 1 aromatic carbocycles. The highest BCUT2D eigenvalue weighted by Gasteiger charge is 2.37. The number of anilines is 1. The summed E-state index contributed by atoms with van der Waals surface area (Å²) in [7, 11) is 0. The molecule has 4 nitrogen and oxygen atoms in total. The lowest BCUT2D eigenvalue weighted by atomic mass is 9.92. The number of benzene rings is 1. The SMILES string of the molecule is CCOCc1ccc(NC(=O)N2CCC[C@H]3CCC[C@H]32)cc1. The Morgan fingerprint density at radius 1 is 1.23 bits per heavy atom. The van der Waals surface area contributed by atoms with Crippen LogP contribution >= 0.6 is 0 Å². The zero-order valence-corrected chi connectivity index (χ0v) is 13.4. The van der Waals surface area contributed by atoms with Gasteiger partial charge < -0.3 is 15.0 Å². The molecule has 2 fully saturated rings. The van der Waals surface area contributed by atoms with Crippen molar-refractivity contribution in [1.29, 1.82) is 0 Å². The van der Waals surface area contributed by atoms with Crippen LogP contribution in [0.4, 0.5) is 10.5 Å². The minimum Gasteiger partial charge on any atom is -0.377 e. The number of nitrogens with one attached hydrogen (secondary N) is 1. The van der Waals surface area contributed by atoms with Gasteiger partial charge in [0.2, 0.25) is 0 Å². The molecular formula is C18H26N2O2. The lowest BCUT2D eigenvalue weighted by Crippen LogP contribution is -2.48. The van der Waals surface area contributed by atoms with Crippen molar-refractivity contribution in [3.8, 4) is 0 Å². The van der Waals surface area contributed by atoms with Crippen LogP contribution in [-0.4, -0.2) is 30.1 Å². The summed E-state index contributed by atoms with van der Waals surface area (Å²) in [6.45, 7) is 4.23. The number of amides is 2. The Morgan fingerprint density at radius 3 is 2.77 bits per heavy atom. The van der Waals surface area contributed by atoms with Gasteiger partial charge in [0.15, 0.2) is 0 Å². The monoisotopic (exact) mass is 302 g/mol. The quantitative estimate of drug-likeness (QED) is 0.912. The lowest BCUT2D eigenvalue weighted by molar-refractivity contribution is 0.134. The van der Waals surface area contributed by atoms with Gasteiger partial charge in [-0.15, -0.1) is 0 Å². The standard InChI is InChI=1S/C18H26N2O2/c1-2-22-13-14-8-10-16(11-9-14)19-18(21)20-12-4-6-15-5-3-7-17(15)20/h8-11,15,17H,2-7,12-13H2,1H3,(H,19,21)/t15-,17-/m1/s1. The maximum atomic E-state index is 12.6. The van der Waals surface area contributed by atoms with Crippen molar-refractivity contribution in [3.63, 3.8) is 0 Å². The van der Waals surface area contributed by atoms with Crippen LogP contribution in [0.1, 0.15) is 44.6 Å². The van der Waals surface area contributed by atoms with E-state index in [1.807, 2.05) is 31.2 Å². The molecule has 3 rings (SSSR count). The van der Waals surface area contributed by atoms with E-state index in [2.05, 4.69) is 10.2 Å². The number of rotatable bonds is 4. The molecule has 1 saturated heterocycles. The first-order chi connectivity index (χ1) is 10.8. The van der Waals surface area contributed by atoms with Crippen molar-refractivity contribution in [3.05, 3.63) is 29.8 Å². The van der Waals surface area contributed by atoms with Crippen LogP contribution in [-0.2, 0) is 11.3 Å². The molecule has 0 unspecified atom stereocenters. The van der Waals surface area contributed by atoms with Crippen molar-refractivity contribution in [2.45, 2.75) is 51.7 Å². The maximum absolute atomic E-state index is 12.6. The zero-order chi connectivity index (χ0) is 15.4. The molecule has 0 bridgehead atoms. The Morgan fingerprint density at radius 2 is 2.00 bits per heavy atom. The van der Waals surface area contributed by atoms with Crippen molar-refractivity contribution in [1.82, 2.24) is 4.90 Å². The van der Waals surface area contributed by atoms with Crippen LogP contribution in [0, 0.1) is 5.92 Å². The molecular weight excluding hydrogens is 276 g/mol. The molecule has 1 aliphatic carbocycles. The first-order valence-corrected chi connectivity index (χ1v) is 8.52. The molecule has 1 aromatic rings. The summed E-state index contributed by atoms with van der Waals surface area (Å²) in [4.78, 5) is 14.6. The molecule has 2 amide bonds. The summed E-state index contributed by atoms with van der Waals surface area (Å²) in [5.41, 5.74) is 2.00. The number of hydrogen-bond donors (Lipinski definition) is 1. The highest BCUT2D eigenvalue weighted by molar-refractivity contribution is 5.89. The van der Waals surface area contributed by atoms with Crippen LogP contribution in [0.5, 0.6) is 0 Å². The normalized spacial score (nSPS) is 24.1. The molecule has 2 atom stereocenters. The van der Waals surface area contributed by atoms with E-state index in [0.717, 1.165) is 36.7 Å². The summed E-state index contributed by atoms with van der Waals surface area (Å²) >= 11 is 0. The van der Waals surface area contributed by atoms with Crippen molar-refractivity contribution >= 4 is 11.7 Å². The van der Waals surface area contributed by atoms with Gasteiger partial charge in [0.1, 0.15) is 0 Å². The van der Waals surface area contributed by atoms with E-state index in [9.17, 15) is 4.79 Å². The smallest absolute Gasteiger partial charge is 0.322 e. The van der Waals surface area contributed by atoms with Gasteiger partial charge in [0, 0.05) is 24.9 Å². The molecule has 120 valence electrons. The van der Waals surface area contributed by atoms with Crippen molar-refractivity contribution in [2.75, 3.05) is 18.5 Å². The Hall–Kier alpha value is -1.55. The molecule has 0 radical (unpaired) electrons. The molecule has 1 saturated carbocycles. The van der Waals surface area contributed by atoms with E-state index in [0.29, 0.717) is 12.6 Å².